The van der Waals surface area contributed by atoms with E-state index in [2.05, 4.69) is 5.32 Å². The number of ether oxygens (including phenoxy) is 2. The lowest BCUT2D eigenvalue weighted by molar-refractivity contribution is -0.137. The van der Waals surface area contributed by atoms with Gasteiger partial charge in [-0.1, -0.05) is 24.3 Å². The Balaban J connectivity index is 1.80. The molecule has 0 aliphatic carbocycles. The molecule has 0 heterocycles. The number of anilines is 1. The molecule has 0 bridgehead atoms. The number of aryl methyl sites for hydroxylation is 1. The van der Waals surface area contributed by atoms with Gasteiger partial charge >= 0.3 is 5.97 Å². The van der Waals surface area contributed by atoms with E-state index in [1.807, 2.05) is 44.2 Å². The average Bonchev–Trinajstić information content (AvgIpc) is 2.65. The Labute approximate surface area is 160 Å². The number of amides is 1. The van der Waals surface area contributed by atoms with Crippen molar-refractivity contribution < 1.29 is 19.1 Å². The van der Waals surface area contributed by atoms with Gasteiger partial charge in [0.25, 0.3) is 0 Å². The van der Waals surface area contributed by atoms with E-state index in [-0.39, 0.29) is 18.3 Å². The SMILES string of the molecule is CCOC(=O)/C=C/c1ccc(NC(=O)CCOc2cccc(C)c2C)cc1. The molecule has 0 saturated carbocycles. The third kappa shape index (κ3) is 6.62. The van der Waals surface area contributed by atoms with Gasteiger partial charge in [-0.25, -0.2) is 4.79 Å². The monoisotopic (exact) mass is 367 g/mol. The molecule has 1 amide bonds. The fraction of sp³-hybridized carbons (Fsp3) is 0.273. The summed E-state index contributed by atoms with van der Waals surface area (Å²) in [6.07, 6.45) is 3.31. The van der Waals surface area contributed by atoms with Crippen LogP contribution in [-0.2, 0) is 14.3 Å². The highest BCUT2D eigenvalue weighted by atomic mass is 16.5. The number of rotatable bonds is 8. The molecule has 0 saturated heterocycles. The number of carbonyl (C=O) groups excluding carboxylic acids is 2. The minimum atomic E-state index is -0.376. The van der Waals surface area contributed by atoms with Crippen LogP contribution < -0.4 is 10.1 Å². The summed E-state index contributed by atoms with van der Waals surface area (Å²) in [7, 11) is 0. The Morgan fingerprint density at radius 3 is 2.52 bits per heavy atom. The summed E-state index contributed by atoms with van der Waals surface area (Å²) >= 11 is 0. The summed E-state index contributed by atoms with van der Waals surface area (Å²) in [5.74, 6) is 0.314. The van der Waals surface area contributed by atoms with Crippen LogP contribution in [0, 0.1) is 13.8 Å². The van der Waals surface area contributed by atoms with E-state index in [1.165, 1.54) is 6.08 Å². The molecule has 27 heavy (non-hydrogen) atoms. The lowest BCUT2D eigenvalue weighted by atomic mass is 10.1. The number of benzene rings is 2. The van der Waals surface area contributed by atoms with Crippen molar-refractivity contribution in [3.05, 3.63) is 65.2 Å². The molecular weight excluding hydrogens is 342 g/mol. The zero-order valence-corrected chi connectivity index (χ0v) is 16.0. The molecule has 0 aliphatic rings. The van der Waals surface area contributed by atoms with Crippen molar-refractivity contribution in [1.82, 2.24) is 0 Å². The van der Waals surface area contributed by atoms with Crippen LogP contribution in [0.25, 0.3) is 6.08 Å². The molecule has 0 atom stereocenters. The van der Waals surface area contributed by atoms with Gasteiger partial charge in [0, 0.05) is 11.8 Å². The summed E-state index contributed by atoms with van der Waals surface area (Å²) in [6.45, 7) is 6.46. The molecule has 5 nitrogen and oxygen atoms in total. The second kappa shape index (κ2) is 10.2. The molecule has 0 aromatic heterocycles. The maximum absolute atomic E-state index is 12.1. The van der Waals surface area contributed by atoms with Crippen molar-refractivity contribution in [2.24, 2.45) is 0 Å². The molecule has 0 unspecified atom stereocenters. The summed E-state index contributed by atoms with van der Waals surface area (Å²) in [5.41, 5.74) is 3.79. The number of esters is 1. The quantitative estimate of drug-likeness (QED) is 0.558. The standard InChI is InChI=1S/C22H25NO4/c1-4-26-22(25)13-10-18-8-11-19(12-9-18)23-21(24)14-15-27-20-7-5-6-16(2)17(20)3/h5-13H,4,14-15H2,1-3H3,(H,23,24)/b13-10+. The molecule has 5 heteroatoms. The van der Waals surface area contributed by atoms with Crippen molar-refractivity contribution >= 4 is 23.6 Å². The lowest BCUT2D eigenvalue weighted by Crippen LogP contribution is -2.15. The Kier molecular flexibility index (Phi) is 7.62. The minimum Gasteiger partial charge on any atom is -0.493 e. The first-order chi connectivity index (χ1) is 13.0. The predicted molar refractivity (Wildman–Crippen MR) is 107 cm³/mol. The van der Waals surface area contributed by atoms with Gasteiger partial charge in [-0.05, 0) is 61.7 Å². The molecule has 0 radical (unpaired) electrons. The van der Waals surface area contributed by atoms with Crippen molar-refractivity contribution in [2.75, 3.05) is 18.5 Å². The van der Waals surface area contributed by atoms with Crippen LogP contribution in [0.1, 0.15) is 30.0 Å². The van der Waals surface area contributed by atoms with Gasteiger partial charge in [0.1, 0.15) is 5.75 Å². The lowest BCUT2D eigenvalue weighted by Gasteiger charge is -2.11. The maximum atomic E-state index is 12.1. The van der Waals surface area contributed by atoms with Crippen LogP contribution in [0.5, 0.6) is 5.75 Å². The average molecular weight is 367 g/mol. The molecule has 2 rings (SSSR count). The highest BCUT2D eigenvalue weighted by Gasteiger charge is 2.05. The number of hydrogen-bond acceptors (Lipinski definition) is 4. The van der Waals surface area contributed by atoms with Crippen LogP contribution in [0.4, 0.5) is 5.69 Å². The van der Waals surface area contributed by atoms with Crippen LogP contribution in [0.3, 0.4) is 0 Å². The first kappa shape index (κ1) is 20.2. The number of hydrogen-bond donors (Lipinski definition) is 1. The van der Waals surface area contributed by atoms with E-state index in [0.29, 0.717) is 18.9 Å². The molecule has 2 aromatic carbocycles. The fourth-order valence-electron chi connectivity index (χ4n) is 2.39. The van der Waals surface area contributed by atoms with Gasteiger partial charge in [-0.3, -0.25) is 4.79 Å². The van der Waals surface area contributed by atoms with Crippen LogP contribution >= 0.6 is 0 Å². The Bertz CT molecular complexity index is 810. The van der Waals surface area contributed by atoms with Gasteiger partial charge < -0.3 is 14.8 Å². The van der Waals surface area contributed by atoms with Crippen molar-refractivity contribution in [3.8, 4) is 5.75 Å². The van der Waals surface area contributed by atoms with Crippen molar-refractivity contribution in [1.29, 1.82) is 0 Å². The summed E-state index contributed by atoms with van der Waals surface area (Å²) in [5, 5.41) is 2.83. The van der Waals surface area contributed by atoms with E-state index < -0.39 is 0 Å². The first-order valence-corrected chi connectivity index (χ1v) is 8.93. The van der Waals surface area contributed by atoms with Gasteiger partial charge in [-0.2, -0.15) is 0 Å². The van der Waals surface area contributed by atoms with E-state index in [9.17, 15) is 9.59 Å². The Morgan fingerprint density at radius 1 is 1.07 bits per heavy atom. The van der Waals surface area contributed by atoms with E-state index >= 15 is 0 Å². The van der Waals surface area contributed by atoms with Crippen LogP contribution in [-0.4, -0.2) is 25.1 Å². The number of nitrogens with one attached hydrogen (secondary N) is 1. The summed E-state index contributed by atoms with van der Waals surface area (Å²) < 4.78 is 10.5. The number of carbonyl (C=O) groups is 2. The largest absolute Gasteiger partial charge is 0.493 e. The molecule has 142 valence electrons. The van der Waals surface area contributed by atoms with Crippen LogP contribution in [0.2, 0.25) is 0 Å². The minimum absolute atomic E-state index is 0.116. The molecule has 2 aromatic rings. The third-order valence-electron chi connectivity index (χ3n) is 4.03. The molecule has 0 aliphatic heterocycles. The predicted octanol–water partition coefficient (Wildman–Crippen LogP) is 4.29. The van der Waals surface area contributed by atoms with E-state index in [0.717, 1.165) is 22.4 Å². The van der Waals surface area contributed by atoms with Gasteiger partial charge in [0.15, 0.2) is 0 Å². The summed E-state index contributed by atoms with van der Waals surface area (Å²) in [6, 6.07) is 13.1. The second-order valence-electron chi connectivity index (χ2n) is 6.05. The highest BCUT2D eigenvalue weighted by Crippen LogP contribution is 2.20. The summed E-state index contributed by atoms with van der Waals surface area (Å²) in [4.78, 5) is 23.4. The Morgan fingerprint density at radius 2 is 1.81 bits per heavy atom. The third-order valence-corrected chi connectivity index (χ3v) is 4.03. The van der Waals surface area contributed by atoms with Gasteiger partial charge in [-0.15, -0.1) is 0 Å². The molecular formula is C22H25NO4. The van der Waals surface area contributed by atoms with E-state index in [1.54, 1.807) is 25.1 Å². The molecule has 0 fully saturated rings. The topological polar surface area (TPSA) is 64.6 Å². The molecule has 0 spiro atoms. The van der Waals surface area contributed by atoms with E-state index in [4.69, 9.17) is 9.47 Å². The zero-order valence-electron chi connectivity index (χ0n) is 16.0. The first-order valence-electron chi connectivity index (χ1n) is 8.93. The van der Waals surface area contributed by atoms with Crippen molar-refractivity contribution in [2.45, 2.75) is 27.2 Å². The van der Waals surface area contributed by atoms with Gasteiger partial charge in [0.05, 0.1) is 19.6 Å². The van der Waals surface area contributed by atoms with Crippen molar-refractivity contribution in [3.63, 3.8) is 0 Å². The smallest absolute Gasteiger partial charge is 0.330 e. The van der Waals surface area contributed by atoms with Gasteiger partial charge in [0.2, 0.25) is 5.91 Å². The second-order valence-corrected chi connectivity index (χ2v) is 6.05. The highest BCUT2D eigenvalue weighted by molar-refractivity contribution is 5.91. The fourth-order valence-corrected chi connectivity index (χ4v) is 2.39. The normalized spacial score (nSPS) is 10.6. The maximum Gasteiger partial charge on any atom is 0.330 e. The molecule has 1 N–H and O–H groups in total. The van der Waals surface area contributed by atoms with Crippen LogP contribution in [0.15, 0.2) is 48.5 Å². The Hall–Kier alpha value is -3.08. The zero-order chi connectivity index (χ0) is 19.6.